The molecule has 2 aromatic heterocycles. The molecule has 3 heteroatoms. The largest absolute Gasteiger partial charge is 0.353 e. The number of aromatic nitrogens is 2. The van der Waals surface area contributed by atoms with Gasteiger partial charge in [0.15, 0.2) is 0 Å². The van der Waals surface area contributed by atoms with Gasteiger partial charge in [0.25, 0.3) is 0 Å². The van der Waals surface area contributed by atoms with Crippen LogP contribution in [0.2, 0.25) is 0 Å². The second-order valence-corrected chi connectivity index (χ2v) is 5.11. The van der Waals surface area contributed by atoms with Crippen molar-refractivity contribution in [3.05, 3.63) is 66.4 Å². The highest BCUT2D eigenvalue weighted by molar-refractivity contribution is 6.11. The first-order chi connectivity index (χ1) is 10.4. The lowest BCUT2D eigenvalue weighted by Crippen LogP contribution is -1.99. The van der Waals surface area contributed by atoms with Crippen molar-refractivity contribution in [2.75, 3.05) is 0 Å². The fourth-order valence-corrected chi connectivity index (χ4v) is 2.91. The van der Waals surface area contributed by atoms with Gasteiger partial charge >= 0.3 is 0 Å². The molecule has 0 spiro atoms. The second kappa shape index (κ2) is 4.72. The Hall–Kier alpha value is -2.65. The first-order valence-electron chi connectivity index (χ1n) is 7.02. The summed E-state index contributed by atoms with van der Waals surface area (Å²) in [4.78, 5) is 8.09. The van der Waals surface area contributed by atoms with Crippen molar-refractivity contribution in [1.82, 2.24) is 9.97 Å². The minimum atomic E-state index is 0.508. The van der Waals surface area contributed by atoms with Gasteiger partial charge in [0.05, 0.1) is 11.2 Å². The summed E-state index contributed by atoms with van der Waals surface area (Å²) in [5, 5.41) is 2.42. The molecule has 0 aliphatic heterocycles. The van der Waals surface area contributed by atoms with Crippen LogP contribution in [-0.2, 0) is 6.54 Å². The van der Waals surface area contributed by atoms with Gasteiger partial charge in [-0.15, -0.1) is 0 Å². The molecular formula is C18H15N3. The molecule has 0 saturated carbocycles. The molecule has 0 saturated heterocycles. The van der Waals surface area contributed by atoms with Crippen LogP contribution in [0, 0.1) is 0 Å². The van der Waals surface area contributed by atoms with Crippen LogP contribution in [0.4, 0.5) is 0 Å². The third-order valence-electron chi connectivity index (χ3n) is 3.92. The van der Waals surface area contributed by atoms with Gasteiger partial charge < -0.3 is 10.7 Å². The minimum Gasteiger partial charge on any atom is -0.353 e. The molecule has 21 heavy (non-hydrogen) atoms. The monoisotopic (exact) mass is 273 g/mol. The van der Waals surface area contributed by atoms with E-state index in [-0.39, 0.29) is 0 Å². The highest BCUT2D eigenvalue weighted by Crippen LogP contribution is 2.32. The van der Waals surface area contributed by atoms with Crippen LogP contribution >= 0.6 is 0 Å². The molecule has 4 rings (SSSR count). The van der Waals surface area contributed by atoms with E-state index in [1.807, 2.05) is 24.4 Å². The third-order valence-corrected chi connectivity index (χ3v) is 3.92. The van der Waals surface area contributed by atoms with Crippen LogP contribution in [0.15, 0.2) is 60.8 Å². The summed E-state index contributed by atoms with van der Waals surface area (Å²) in [6.45, 7) is 0.508. The van der Waals surface area contributed by atoms with Gasteiger partial charge in [-0.1, -0.05) is 42.5 Å². The molecule has 0 unspecified atom stereocenters. The fraction of sp³-hybridized carbons (Fsp3) is 0.0556. The topological polar surface area (TPSA) is 54.7 Å². The van der Waals surface area contributed by atoms with Crippen molar-refractivity contribution in [3.63, 3.8) is 0 Å². The average Bonchev–Trinajstić information content (AvgIpc) is 2.93. The molecule has 102 valence electrons. The molecule has 0 aliphatic rings. The smallest absolute Gasteiger partial charge is 0.0946 e. The molecule has 3 N–H and O–H groups in total. The fourth-order valence-electron chi connectivity index (χ4n) is 2.91. The van der Waals surface area contributed by atoms with E-state index < -0.39 is 0 Å². The van der Waals surface area contributed by atoms with Crippen LogP contribution in [0.3, 0.4) is 0 Å². The van der Waals surface area contributed by atoms with Crippen LogP contribution in [-0.4, -0.2) is 9.97 Å². The molecule has 0 amide bonds. The van der Waals surface area contributed by atoms with Gasteiger partial charge in [-0.25, -0.2) is 0 Å². The highest BCUT2D eigenvalue weighted by Gasteiger charge is 2.12. The van der Waals surface area contributed by atoms with Crippen molar-refractivity contribution >= 4 is 21.8 Å². The molecule has 0 fully saturated rings. The highest BCUT2D eigenvalue weighted by atomic mass is 14.8. The first-order valence-corrected chi connectivity index (χ1v) is 7.02. The number of rotatable bonds is 2. The predicted octanol–water partition coefficient (Wildman–Crippen LogP) is 3.84. The Kier molecular flexibility index (Phi) is 2.72. The maximum Gasteiger partial charge on any atom is 0.0946 e. The summed E-state index contributed by atoms with van der Waals surface area (Å²) >= 11 is 0. The Morgan fingerprint density at radius 3 is 2.62 bits per heavy atom. The third kappa shape index (κ3) is 1.82. The number of nitrogens with zero attached hydrogens (tertiary/aromatic N) is 1. The maximum absolute atomic E-state index is 5.87. The lowest BCUT2D eigenvalue weighted by atomic mass is 10.0. The summed E-state index contributed by atoms with van der Waals surface area (Å²) < 4.78 is 0. The Bertz CT molecular complexity index is 937. The van der Waals surface area contributed by atoms with Crippen LogP contribution in [0.5, 0.6) is 0 Å². The molecular weight excluding hydrogens is 258 g/mol. The maximum atomic E-state index is 5.87. The zero-order valence-electron chi connectivity index (χ0n) is 11.5. The summed E-state index contributed by atoms with van der Waals surface area (Å²) in [7, 11) is 0. The SMILES string of the molecule is NCc1ccccc1-c1nccc2c1[nH]c1ccccc12. The lowest BCUT2D eigenvalue weighted by molar-refractivity contribution is 1.07. The lowest BCUT2D eigenvalue weighted by Gasteiger charge is -2.07. The Balaban J connectivity index is 2.10. The second-order valence-electron chi connectivity index (χ2n) is 5.11. The van der Waals surface area contributed by atoms with Crippen molar-refractivity contribution in [1.29, 1.82) is 0 Å². The van der Waals surface area contributed by atoms with Gasteiger partial charge in [-0.2, -0.15) is 0 Å². The van der Waals surface area contributed by atoms with E-state index in [0.717, 1.165) is 27.9 Å². The number of fused-ring (bicyclic) bond motifs is 3. The molecule has 0 atom stereocenters. The molecule has 2 heterocycles. The van der Waals surface area contributed by atoms with Crippen molar-refractivity contribution in [3.8, 4) is 11.3 Å². The van der Waals surface area contributed by atoms with E-state index in [9.17, 15) is 0 Å². The summed E-state index contributed by atoms with van der Waals surface area (Å²) in [5.74, 6) is 0. The molecule has 0 radical (unpaired) electrons. The minimum absolute atomic E-state index is 0.508. The standard InChI is InChI=1S/C18H15N3/c19-11-12-5-1-2-6-13(12)17-18-15(9-10-20-17)14-7-3-4-8-16(14)21-18/h1-10,21H,11,19H2. The van der Waals surface area contributed by atoms with Crippen molar-refractivity contribution in [2.24, 2.45) is 5.73 Å². The molecule has 2 aromatic carbocycles. The Labute approximate surface area is 122 Å². The van der Waals surface area contributed by atoms with Gasteiger partial charge in [0, 0.05) is 34.6 Å². The van der Waals surface area contributed by atoms with E-state index >= 15 is 0 Å². The summed E-state index contributed by atoms with van der Waals surface area (Å²) in [6.07, 6.45) is 1.87. The zero-order valence-corrected chi connectivity index (χ0v) is 11.5. The number of H-pyrrole nitrogens is 1. The van der Waals surface area contributed by atoms with Crippen LogP contribution in [0.25, 0.3) is 33.1 Å². The first kappa shape index (κ1) is 12.1. The van der Waals surface area contributed by atoms with Crippen LogP contribution in [0.1, 0.15) is 5.56 Å². The number of nitrogens with two attached hydrogens (primary N) is 1. The van der Waals surface area contributed by atoms with Gasteiger partial charge in [-0.3, -0.25) is 4.98 Å². The van der Waals surface area contributed by atoms with Crippen molar-refractivity contribution in [2.45, 2.75) is 6.54 Å². The Morgan fingerprint density at radius 2 is 1.71 bits per heavy atom. The van der Waals surface area contributed by atoms with Gasteiger partial charge in [0.1, 0.15) is 0 Å². The van der Waals surface area contributed by atoms with E-state index in [4.69, 9.17) is 5.73 Å². The normalized spacial score (nSPS) is 11.3. The number of nitrogens with one attached hydrogen (secondary N) is 1. The van der Waals surface area contributed by atoms with Crippen molar-refractivity contribution < 1.29 is 0 Å². The summed E-state index contributed by atoms with van der Waals surface area (Å²) in [5.41, 5.74) is 11.2. The zero-order chi connectivity index (χ0) is 14.2. The number of para-hydroxylation sites is 1. The molecule has 0 aliphatic carbocycles. The van der Waals surface area contributed by atoms with Crippen LogP contribution < -0.4 is 5.73 Å². The van der Waals surface area contributed by atoms with Gasteiger partial charge in [0.2, 0.25) is 0 Å². The quantitative estimate of drug-likeness (QED) is 0.583. The number of aromatic amines is 1. The van der Waals surface area contributed by atoms with E-state index in [0.29, 0.717) is 6.54 Å². The molecule has 3 nitrogen and oxygen atoms in total. The number of hydrogen-bond donors (Lipinski definition) is 2. The number of pyridine rings is 1. The van der Waals surface area contributed by atoms with Gasteiger partial charge in [-0.05, 0) is 17.7 Å². The number of benzene rings is 2. The van der Waals surface area contributed by atoms with E-state index in [1.165, 1.54) is 10.8 Å². The molecule has 4 aromatic rings. The number of hydrogen-bond acceptors (Lipinski definition) is 2. The van der Waals surface area contributed by atoms with E-state index in [1.54, 1.807) is 0 Å². The summed E-state index contributed by atoms with van der Waals surface area (Å²) in [6, 6.07) is 18.5. The Morgan fingerprint density at radius 1 is 0.905 bits per heavy atom. The molecule has 0 bridgehead atoms. The average molecular weight is 273 g/mol. The van der Waals surface area contributed by atoms with E-state index in [2.05, 4.69) is 46.4 Å². The predicted molar refractivity (Wildman–Crippen MR) is 86.9 cm³/mol.